The van der Waals surface area contributed by atoms with Crippen molar-refractivity contribution >= 4 is 62.3 Å². The lowest BCUT2D eigenvalue weighted by atomic mass is 10.1. The molecule has 120 valence electrons. The average Bonchev–Trinajstić information content (AvgIpc) is 2.90. The lowest BCUT2D eigenvalue weighted by Crippen LogP contribution is -2.13. The van der Waals surface area contributed by atoms with Crippen LogP contribution in [0.2, 0.25) is 5.02 Å². The van der Waals surface area contributed by atoms with Crippen molar-refractivity contribution < 1.29 is 14.7 Å². The summed E-state index contributed by atoms with van der Waals surface area (Å²) in [5.41, 5.74) is 2.17. The zero-order valence-electron chi connectivity index (χ0n) is 12.2. The molecule has 4 nitrogen and oxygen atoms in total. The van der Waals surface area contributed by atoms with Crippen molar-refractivity contribution in [1.29, 1.82) is 0 Å². The number of aliphatic carboxylic acids is 1. The van der Waals surface area contributed by atoms with Gasteiger partial charge in [0.25, 0.3) is 5.78 Å². The monoisotopic (exact) mass is 403 g/mol. The number of carboxylic acids is 1. The molecule has 0 atom stereocenters. The number of nitrogens with one attached hydrogen (secondary N) is 1. The standard InChI is InChI=1S/C18H11BrClNO3/c19-11-4-7-13-15(9-11)21-14(16(13)17(22)18(23)24)8-3-10-1-5-12(20)6-2-10/h1-9,21H,(H,23,24). The molecule has 6 heteroatoms. The Morgan fingerprint density at radius 2 is 1.79 bits per heavy atom. The molecule has 0 unspecified atom stereocenters. The topological polar surface area (TPSA) is 70.2 Å². The SMILES string of the molecule is O=C(O)C(=O)c1c(C=Cc2ccc(Cl)cc2)[nH]c2cc(Br)ccc12. The van der Waals surface area contributed by atoms with Crippen molar-refractivity contribution in [3.8, 4) is 0 Å². The van der Waals surface area contributed by atoms with Crippen LogP contribution in [0.15, 0.2) is 46.9 Å². The minimum absolute atomic E-state index is 0.148. The molecule has 2 aromatic carbocycles. The third-order valence-corrected chi connectivity index (χ3v) is 4.27. The summed E-state index contributed by atoms with van der Waals surface area (Å²) in [7, 11) is 0. The number of ketones is 1. The number of hydrogen-bond donors (Lipinski definition) is 2. The summed E-state index contributed by atoms with van der Waals surface area (Å²) in [6.45, 7) is 0. The zero-order chi connectivity index (χ0) is 17.3. The fourth-order valence-electron chi connectivity index (χ4n) is 2.42. The van der Waals surface area contributed by atoms with Gasteiger partial charge in [-0.05, 0) is 35.9 Å². The molecule has 0 aliphatic heterocycles. The second-order valence-corrected chi connectivity index (χ2v) is 6.47. The Hall–Kier alpha value is -2.37. The molecule has 0 amide bonds. The van der Waals surface area contributed by atoms with Crippen LogP contribution in [0.4, 0.5) is 0 Å². The van der Waals surface area contributed by atoms with E-state index in [-0.39, 0.29) is 5.56 Å². The van der Waals surface area contributed by atoms with E-state index in [1.165, 1.54) is 0 Å². The number of Topliss-reactive ketones (excluding diaryl/α,β-unsaturated/α-hetero) is 1. The van der Waals surface area contributed by atoms with E-state index in [0.29, 0.717) is 21.6 Å². The molecule has 0 saturated carbocycles. The highest BCUT2D eigenvalue weighted by Crippen LogP contribution is 2.27. The molecule has 2 N–H and O–H groups in total. The number of aromatic amines is 1. The van der Waals surface area contributed by atoms with Crippen LogP contribution in [0.5, 0.6) is 0 Å². The molecule has 1 heterocycles. The summed E-state index contributed by atoms with van der Waals surface area (Å²) in [5.74, 6) is -2.43. The molecule has 0 bridgehead atoms. The van der Waals surface area contributed by atoms with E-state index in [0.717, 1.165) is 10.0 Å². The molecule has 0 fully saturated rings. The van der Waals surface area contributed by atoms with Crippen molar-refractivity contribution in [2.24, 2.45) is 0 Å². The Morgan fingerprint density at radius 3 is 2.46 bits per heavy atom. The van der Waals surface area contributed by atoms with Crippen LogP contribution in [0.1, 0.15) is 21.6 Å². The predicted molar refractivity (Wildman–Crippen MR) is 98.3 cm³/mol. The normalized spacial score (nSPS) is 11.2. The third kappa shape index (κ3) is 3.27. The molecule has 0 aliphatic rings. The van der Waals surface area contributed by atoms with Gasteiger partial charge in [-0.1, -0.05) is 51.8 Å². The third-order valence-electron chi connectivity index (χ3n) is 3.52. The summed E-state index contributed by atoms with van der Waals surface area (Å²) in [6, 6.07) is 12.5. The lowest BCUT2D eigenvalue weighted by Gasteiger charge is -1.98. The first kappa shape index (κ1) is 16.5. The number of hydrogen-bond acceptors (Lipinski definition) is 2. The van der Waals surface area contributed by atoms with Gasteiger partial charge in [-0.2, -0.15) is 0 Å². The molecule has 0 saturated heterocycles. The Morgan fingerprint density at radius 1 is 1.08 bits per heavy atom. The van der Waals surface area contributed by atoms with Gasteiger partial charge in [-0.25, -0.2) is 4.79 Å². The summed E-state index contributed by atoms with van der Waals surface area (Å²) in [5, 5.41) is 10.3. The highest BCUT2D eigenvalue weighted by atomic mass is 79.9. The van der Waals surface area contributed by atoms with Gasteiger partial charge in [-0.3, -0.25) is 4.79 Å². The maximum atomic E-state index is 12.1. The number of fused-ring (bicyclic) bond motifs is 1. The van der Waals surface area contributed by atoms with Crippen LogP contribution in [0.25, 0.3) is 23.1 Å². The Labute approximate surface area is 150 Å². The molecule has 0 radical (unpaired) electrons. The highest BCUT2D eigenvalue weighted by Gasteiger charge is 2.22. The van der Waals surface area contributed by atoms with Crippen molar-refractivity contribution in [2.75, 3.05) is 0 Å². The maximum absolute atomic E-state index is 12.1. The van der Waals surface area contributed by atoms with E-state index in [1.54, 1.807) is 42.5 Å². The predicted octanol–water partition coefficient (Wildman–Crippen LogP) is 5.02. The van der Waals surface area contributed by atoms with Gasteiger partial charge in [0.2, 0.25) is 0 Å². The van der Waals surface area contributed by atoms with Gasteiger partial charge in [0.05, 0.1) is 11.3 Å². The quantitative estimate of drug-likeness (QED) is 0.474. The van der Waals surface area contributed by atoms with Crippen LogP contribution in [-0.4, -0.2) is 21.8 Å². The van der Waals surface area contributed by atoms with E-state index in [1.807, 2.05) is 12.1 Å². The molecule has 3 rings (SSSR count). The van der Waals surface area contributed by atoms with E-state index < -0.39 is 11.8 Å². The van der Waals surface area contributed by atoms with Gasteiger partial charge in [-0.15, -0.1) is 0 Å². The van der Waals surface area contributed by atoms with Crippen LogP contribution >= 0.6 is 27.5 Å². The van der Waals surface area contributed by atoms with Crippen molar-refractivity contribution in [3.05, 3.63) is 68.8 Å². The first-order chi connectivity index (χ1) is 11.5. The molecule has 0 spiro atoms. The van der Waals surface area contributed by atoms with E-state index in [9.17, 15) is 9.59 Å². The minimum Gasteiger partial charge on any atom is -0.475 e. The van der Waals surface area contributed by atoms with Crippen LogP contribution < -0.4 is 0 Å². The van der Waals surface area contributed by atoms with E-state index in [2.05, 4.69) is 20.9 Å². The number of carbonyl (C=O) groups is 2. The largest absolute Gasteiger partial charge is 0.475 e. The average molecular weight is 405 g/mol. The van der Waals surface area contributed by atoms with Gasteiger partial charge < -0.3 is 10.1 Å². The Bertz CT molecular complexity index is 974. The number of carbonyl (C=O) groups excluding carboxylic acids is 1. The first-order valence-corrected chi connectivity index (χ1v) is 8.15. The number of aromatic nitrogens is 1. The number of H-pyrrole nitrogens is 1. The van der Waals surface area contributed by atoms with Crippen LogP contribution in [0.3, 0.4) is 0 Å². The fraction of sp³-hybridized carbons (Fsp3) is 0. The first-order valence-electron chi connectivity index (χ1n) is 6.98. The van der Waals surface area contributed by atoms with E-state index in [4.69, 9.17) is 16.7 Å². The number of carboxylic acid groups (broad SMARTS) is 1. The van der Waals surface area contributed by atoms with Crippen molar-refractivity contribution in [1.82, 2.24) is 4.98 Å². The second-order valence-electron chi connectivity index (χ2n) is 5.12. The van der Waals surface area contributed by atoms with Crippen LogP contribution in [0, 0.1) is 0 Å². The van der Waals surface area contributed by atoms with Gasteiger partial charge in [0.15, 0.2) is 0 Å². The van der Waals surface area contributed by atoms with E-state index >= 15 is 0 Å². The molecule has 24 heavy (non-hydrogen) atoms. The van der Waals surface area contributed by atoms with Gasteiger partial charge >= 0.3 is 5.97 Å². The number of halogens is 2. The number of rotatable bonds is 4. The molecular formula is C18H11BrClNO3. The maximum Gasteiger partial charge on any atom is 0.377 e. The fourth-order valence-corrected chi connectivity index (χ4v) is 2.91. The summed E-state index contributed by atoms with van der Waals surface area (Å²) in [6.07, 6.45) is 3.47. The Balaban J connectivity index is 2.12. The van der Waals surface area contributed by atoms with Gasteiger partial charge in [0, 0.05) is 20.4 Å². The summed E-state index contributed by atoms with van der Waals surface area (Å²) < 4.78 is 0.832. The zero-order valence-corrected chi connectivity index (χ0v) is 14.6. The second kappa shape index (κ2) is 6.63. The molecular weight excluding hydrogens is 394 g/mol. The van der Waals surface area contributed by atoms with Crippen molar-refractivity contribution in [3.63, 3.8) is 0 Å². The smallest absolute Gasteiger partial charge is 0.377 e. The van der Waals surface area contributed by atoms with Gasteiger partial charge in [0.1, 0.15) is 0 Å². The minimum atomic E-state index is -1.49. The molecule has 1 aromatic heterocycles. The lowest BCUT2D eigenvalue weighted by molar-refractivity contribution is -0.131. The Kier molecular flexibility index (Phi) is 4.55. The molecule has 0 aliphatic carbocycles. The molecule has 3 aromatic rings. The number of benzene rings is 2. The summed E-state index contributed by atoms with van der Waals surface area (Å²) >= 11 is 9.22. The summed E-state index contributed by atoms with van der Waals surface area (Å²) in [4.78, 5) is 26.4. The van der Waals surface area contributed by atoms with Crippen molar-refractivity contribution in [2.45, 2.75) is 0 Å². The van der Waals surface area contributed by atoms with Crippen LogP contribution in [-0.2, 0) is 4.79 Å². The highest BCUT2D eigenvalue weighted by molar-refractivity contribution is 9.10.